The summed E-state index contributed by atoms with van der Waals surface area (Å²) in [6, 6.07) is 3.66. The van der Waals surface area contributed by atoms with Crippen molar-refractivity contribution in [3.63, 3.8) is 0 Å². The van der Waals surface area contributed by atoms with Crippen molar-refractivity contribution in [2.24, 2.45) is 14.1 Å². The second-order valence-corrected chi connectivity index (χ2v) is 4.90. The Balaban J connectivity index is 2.47. The van der Waals surface area contributed by atoms with Crippen LogP contribution in [0.15, 0.2) is 34.0 Å². The molecule has 0 spiro atoms. The minimum absolute atomic E-state index is 0.0348. The van der Waals surface area contributed by atoms with Crippen molar-refractivity contribution < 1.29 is 14.5 Å². The molecule has 2 rings (SSSR count). The number of carbonyl (C=O) groups is 1. The molecule has 0 fully saturated rings. The van der Waals surface area contributed by atoms with Crippen molar-refractivity contribution >= 4 is 17.3 Å². The summed E-state index contributed by atoms with van der Waals surface area (Å²) in [4.78, 5) is 46.3. The lowest BCUT2D eigenvalue weighted by Gasteiger charge is -2.11. The summed E-state index contributed by atoms with van der Waals surface area (Å²) in [6.45, 7) is 0. The first-order valence-electron chi connectivity index (χ1n) is 6.66. The highest BCUT2D eigenvalue weighted by Crippen LogP contribution is 2.29. The number of hydrogen-bond acceptors (Lipinski definition) is 6. The van der Waals surface area contributed by atoms with E-state index in [1.165, 1.54) is 33.3 Å². The Morgan fingerprint density at radius 2 is 1.96 bits per heavy atom. The Bertz CT molecular complexity index is 943. The molecule has 1 amide bonds. The number of nitro benzene ring substituents is 1. The molecule has 0 aliphatic rings. The summed E-state index contributed by atoms with van der Waals surface area (Å²) >= 11 is 0. The second kappa shape index (κ2) is 6.36. The maximum Gasteiger partial charge on any atom is 0.330 e. The van der Waals surface area contributed by atoms with Crippen LogP contribution in [0, 0.1) is 10.1 Å². The number of ether oxygens (including phenoxy) is 1. The number of carbonyl (C=O) groups excluding carboxylic acids is 1. The maximum atomic E-state index is 12.3. The molecule has 126 valence electrons. The molecule has 1 aromatic heterocycles. The van der Waals surface area contributed by atoms with Crippen LogP contribution in [-0.2, 0) is 14.1 Å². The van der Waals surface area contributed by atoms with Gasteiger partial charge in [0.25, 0.3) is 17.2 Å². The van der Waals surface area contributed by atoms with Gasteiger partial charge in [0.05, 0.1) is 17.7 Å². The number of benzene rings is 1. The van der Waals surface area contributed by atoms with Crippen LogP contribution in [0.3, 0.4) is 0 Å². The minimum atomic E-state index is -0.815. The van der Waals surface area contributed by atoms with E-state index in [4.69, 9.17) is 4.74 Å². The number of aryl methyl sites for hydroxylation is 1. The van der Waals surface area contributed by atoms with Gasteiger partial charge < -0.3 is 14.6 Å². The maximum absolute atomic E-state index is 12.3. The molecular weight excluding hydrogens is 320 g/mol. The van der Waals surface area contributed by atoms with Crippen LogP contribution in [0.4, 0.5) is 11.4 Å². The van der Waals surface area contributed by atoms with E-state index < -0.39 is 22.1 Å². The normalized spacial score (nSPS) is 10.3. The third kappa shape index (κ3) is 3.02. The Hall–Kier alpha value is -3.43. The minimum Gasteiger partial charge on any atom is -0.495 e. The first-order chi connectivity index (χ1) is 11.3. The van der Waals surface area contributed by atoms with Gasteiger partial charge in [-0.25, -0.2) is 4.79 Å². The molecule has 1 heterocycles. The summed E-state index contributed by atoms with van der Waals surface area (Å²) in [6.07, 6.45) is 1.10. The predicted octanol–water partition coefficient (Wildman–Crippen LogP) is 0.253. The molecule has 2 aromatic rings. The number of amides is 1. The number of non-ortho nitro benzene ring substituents is 1. The summed E-state index contributed by atoms with van der Waals surface area (Å²) in [5.74, 6) is -0.624. The van der Waals surface area contributed by atoms with Gasteiger partial charge in [-0.05, 0) is 6.07 Å². The lowest BCUT2D eigenvalue weighted by Crippen LogP contribution is -2.40. The van der Waals surface area contributed by atoms with E-state index in [0.29, 0.717) is 0 Å². The quantitative estimate of drug-likeness (QED) is 0.631. The molecule has 10 nitrogen and oxygen atoms in total. The smallest absolute Gasteiger partial charge is 0.330 e. The molecule has 0 saturated carbocycles. The molecule has 0 atom stereocenters. The highest BCUT2D eigenvalue weighted by Gasteiger charge is 2.18. The zero-order valence-corrected chi connectivity index (χ0v) is 13.1. The Labute approximate surface area is 135 Å². The number of hydrogen-bond donors (Lipinski definition) is 1. The van der Waals surface area contributed by atoms with E-state index in [2.05, 4.69) is 5.32 Å². The number of anilines is 1. The van der Waals surface area contributed by atoms with E-state index >= 15 is 0 Å². The summed E-state index contributed by atoms with van der Waals surface area (Å²) in [7, 11) is 3.98. The molecule has 1 aromatic carbocycles. The van der Waals surface area contributed by atoms with Crippen molar-refractivity contribution in [2.75, 3.05) is 12.4 Å². The van der Waals surface area contributed by atoms with E-state index in [9.17, 15) is 24.5 Å². The van der Waals surface area contributed by atoms with E-state index in [1.54, 1.807) is 0 Å². The Morgan fingerprint density at radius 1 is 1.29 bits per heavy atom. The highest BCUT2D eigenvalue weighted by atomic mass is 16.6. The van der Waals surface area contributed by atoms with Crippen molar-refractivity contribution in [1.29, 1.82) is 0 Å². The average Bonchev–Trinajstić information content (AvgIpc) is 2.55. The number of nitrogens with one attached hydrogen (secondary N) is 1. The monoisotopic (exact) mass is 334 g/mol. The van der Waals surface area contributed by atoms with Crippen LogP contribution < -0.4 is 21.3 Å². The summed E-state index contributed by atoms with van der Waals surface area (Å²) in [5, 5.41) is 13.2. The molecule has 0 radical (unpaired) electrons. The first kappa shape index (κ1) is 16.9. The Kier molecular flexibility index (Phi) is 4.49. The number of nitro groups is 1. The molecule has 24 heavy (non-hydrogen) atoms. The molecule has 1 N–H and O–H groups in total. The van der Waals surface area contributed by atoms with Crippen LogP contribution in [0.5, 0.6) is 5.75 Å². The fourth-order valence-electron chi connectivity index (χ4n) is 2.06. The zero-order chi connectivity index (χ0) is 18.0. The van der Waals surface area contributed by atoms with Crippen molar-refractivity contribution in [3.05, 3.63) is 60.9 Å². The molecule has 0 saturated heterocycles. The Morgan fingerprint density at radius 3 is 2.54 bits per heavy atom. The second-order valence-electron chi connectivity index (χ2n) is 4.90. The van der Waals surface area contributed by atoms with E-state index in [-0.39, 0.29) is 22.7 Å². The van der Waals surface area contributed by atoms with Crippen LogP contribution in [-0.4, -0.2) is 27.1 Å². The fraction of sp³-hybridized carbons (Fsp3) is 0.214. The van der Waals surface area contributed by atoms with Gasteiger partial charge in [0.1, 0.15) is 11.3 Å². The van der Waals surface area contributed by atoms with Gasteiger partial charge in [-0.15, -0.1) is 0 Å². The van der Waals surface area contributed by atoms with Crippen molar-refractivity contribution in [3.8, 4) is 5.75 Å². The van der Waals surface area contributed by atoms with Gasteiger partial charge in [0, 0.05) is 32.4 Å². The third-order valence-corrected chi connectivity index (χ3v) is 3.33. The third-order valence-electron chi connectivity index (χ3n) is 3.33. The molecular formula is C14H14N4O6. The van der Waals surface area contributed by atoms with E-state index in [1.807, 2.05) is 0 Å². The van der Waals surface area contributed by atoms with Gasteiger partial charge in [-0.2, -0.15) is 0 Å². The first-order valence-corrected chi connectivity index (χ1v) is 6.66. The highest BCUT2D eigenvalue weighted by molar-refractivity contribution is 6.04. The number of methoxy groups -OCH3 is 1. The molecule has 10 heteroatoms. The number of aromatic nitrogens is 2. The van der Waals surface area contributed by atoms with Crippen LogP contribution in [0.25, 0.3) is 0 Å². The average molecular weight is 334 g/mol. The fourth-order valence-corrected chi connectivity index (χ4v) is 2.06. The van der Waals surface area contributed by atoms with Crippen LogP contribution >= 0.6 is 0 Å². The van der Waals surface area contributed by atoms with Gasteiger partial charge in [0.2, 0.25) is 0 Å². The van der Waals surface area contributed by atoms with Crippen molar-refractivity contribution in [2.45, 2.75) is 0 Å². The summed E-state index contributed by atoms with van der Waals surface area (Å²) < 4.78 is 6.91. The summed E-state index contributed by atoms with van der Waals surface area (Å²) in [5.41, 5.74) is -1.86. The van der Waals surface area contributed by atoms with E-state index in [0.717, 1.165) is 21.4 Å². The predicted molar refractivity (Wildman–Crippen MR) is 84.5 cm³/mol. The number of rotatable bonds is 4. The molecule has 0 aliphatic carbocycles. The van der Waals surface area contributed by atoms with Gasteiger partial charge in [-0.1, -0.05) is 0 Å². The van der Waals surface area contributed by atoms with Gasteiger partial charge in [0.15, 0.2) is 0 Å². The lowest BCUT2D eigenvalue weighted by molar-refractivity contribution is -0.384. The lowest BCUT2D eigenvalue weighted by atomic mass is 10.2. The van der Waals surface area contributed by atoms with Crippen LogP contribution in [0.1, 0.15) is 10.4 Å². The molecule has 0 aliphatic heterocycles. The zero-order valence-electron chi connectivity index (χ0n) is 13.1. The standard InChI is InChI=1S/C14H14N4O6/c1-16-7-9(13(20)17(2)14(16)21)12(19)15-10-6-8(18(22)23)4-5-11(10)24-3/h4-7H,1-3H3,(H,15,19). The van der Waals surface area contributed by atoms with Gasteiger partial charge >= 0.3 is 5.69 Å². The van der Waals surface area contributed by atoms with Gasteiger partial charge in [-0.3, -0.25) is 24.3 Å². The topological polar surface area (TPSA) is 125 Å². The largest absolute Gasteiger partial charge is 0.495 e. The molecule has 0 unspecified atom stereocenters. The SMILES string of the molecule is COc1ccc([N+](=O)[O-])cc1NC(=O)c1cn(C)c(=O)n(C)c1=O. The van der Waals surface area contributed by atoms with Crippen molar-refractivity contribution in [1.82, 2.24) is 9.13 Å². The molecule has 0 bridgehead atoms. The van der Waals surface area contributed by atoms with Crippen LogP contribution in [0.2, 0.25) is 0 Å². The number of nitrogens with zero attached hydrogens (tertiary/aromatic N) is 3.